The molecular weight excluding hydrogens is 216 g/mol. The highest BCUT2D eigenvalue weighted by molar-refractivity contribution is 5.51. The quantitative estimate of drug-likeness (QED) is 0.761. The maximum Gasteiger partial charge on any atom is 0.164 e. The molecule has 0 bridgehead atoms. The van der Waals surface area contributed by atoms with Crippen molar-refractivity contribution in [3.05, 3.63) is 30.2 Å². The Balaban J connectivity index is 2.87. The lowest BCUT2D eigenvalue weighted by molar-refractivity contribution is 0.0958. The van der Waals surface area contributed by atoms with Gasteiger partial charge in [0.25, 0.3) is 0 Å². The van der Waals surface area contributed by atoms with E-state index in [1.54, 1.807) is 21.1 Å². The van der Waals surface area contributed by atoms with Gasteiger partial charge in [-0.1, -0.05) is 6.07 Å². The standard InChI is InChI=1S/C14H20O3/c1-10-8-9-13(16-3)14(17-4)12(10)7-5-6-11(2)15/h8-9,11H,1,5-7H2,2-4H3. The summed E-state index contributed by atoms with van der Waals surface area (Å²) in [5, 5.41) is 11.0. The molecule has 0 aliphatic heterocycles. The molecule has 0 spiro atoms. The SMILES string of the molecule is [CH2]c1ccc(OC)c(OC)c1CCCC(C)[O]. The first-order valence-corrected chi connectivity index (χ1v) is 5.81. The molecule has 17 heavy (non-hydrogen) atoms. The van der Waals surface area contributed by atoms with Gasteiger partial charge < -0.3 is 9.47 Å². The molecule has 1 atom stereocenters. The van der Waals surface area contributed by atoms with E-state index < -0.39 is 6.10 Å². The third-order valence-electron chi connectivity index (χ3n) is 2.78. The molecule has 0 amide bonds. The van der Waals surface area contributed by atoms with Crippen molar-refractivity contribution >= 4 is 0 Å². The van der Waals surface area contributed by atoms with Crippen LogP contribution in [0.1, 0.15) is 30.9 Å². The first kappa shape index (κ1) is 13.8. The fraction of sp³-hybridized carbons (Fsp3) is 0.500. The molecule has 1 unspecified atom stereocenters. The molecule has 94 valence electrons. The number of methoxy groups -OCH3 is 2. The average molecular weight is 236 g/mol. The summed E-state index contributed by atoms with van der Waals surface area (Å²) in [4.78, 5) is 0. The molecule has 0 aromatic heterocycles. The van der Waals surface area contributed by atoms with Gasteiger partial charge in [0, 0.05) is 5.56 Å². The zero-order valence-corrected chi connectivity index (χ0v) is 10.8. The van der Waals surface area contributed by atoms with E-state index in [1.807, 2.05) is 12.1 Å². The Morgan fingerprint density at radius 2 is 2.00 bits per heavy atom. The molecule has 0 aliphatic carbocycles. The molecule has 0 fully saturated rings. The van der Waals surface area contributed by atoms with E-state index in [2.05, 4.69) is 6.92 Å². The van der Waals surface area contributed by atoms with Gasteiger partial charge in [-0.15, -0.1) is 0 Å². The smallest absolute Gasteiger partial charge is 0.164 e. The summed E-state index contributed by atoms with van der Waals surface area (Å²) < 4.78 is 10.6. The number of rotatable bonds is 6. The molecule has 1 aromatic rings. The lowest BCUT2D eigenvalue weighted by Crippen LogP contribution is -2.02. The molecule has 0 saturated heterocycles. The fourth-order valence-electron chi connectivity index (χ4n) is 1.87. The van der Waals surface area contributed by atoms with Crippen molar-refractivity contribution in [1.82, 2.24) is 0 Å². The average Bonchev–Trinajstić information content (AvgIpc) is 2.30. The van der Waals surface area contributed by atoms with Crippen LogP contribution < -0.4 is 9.47 Å². The third-order valence-corrected chi connectivity index (χ3v) is 2.78. The van der Waals surface area contributed by atoms with Crippen molar-refractivity contribution in [2.75, 3.05) is 14.2 Å². The molecule has 1 rings (SSSR count). The van der Waals surface area contributed by atoms with E-state index in [4.69, 9.17) is 9.47 Å². The van der Waals surface area contributed by atoms with Crippen LogP contribution in [-0.4, -0.2) is 20.3 Å². The summed E-state index contributed by atoms with van der Waals surface area (Å²) >= 11 is 0. The van der Waals surface area contributed by atoms with Crippen molar-refractivity contribution in [1.29, 1.82) is 0 Å². The zero-order valence-electron chi connectivity index (χ0n) is 10.8. The highest BCUT2D eigenvalue weighted by atomic mass is 16.5. The topological polar surface area (TPSA) is 38.4 Å². The van der Waals surface area contributed by atoms with Gasteiger partial charge in [-0.3, -0.25) is 0 Å². The molecule has 0 saturated carbocycles. The van der Waals surface area contributed by atoms with Crippen molar-refractivity contribution in [2.24, 2.45) is 0 Å². The monoisotopic (exact) mass is 236 g/mol. The van der Waals surface area contributed by atoms with Gasteiger partial charge in [0.1, 0.15) is 0 Å². The highest BCUT2D eigenvalue weighted by Crippen LogP contribution is 2.34. The Bertz CT molecular complexity index is 359. The van der Waals surface area contributed by atoms with Crippen LogP contribution in [0.15, 0.2) is 12.1 Å². The van der Waals surface area contributed by atoms with Crippen LogP contribution in [0.25, 0.3) is 0 Å². The minimum atomic E-state index is -0.514. The van der Waals surface area contributed by atoms with E-state index >= 15 is 0 Å². The van der Waals surface area contributed by atoms with Crippen LogP contribution in [0.4, 0.5) is 0 Å². The van der Waals surface area contributed by atoms with Crippen LogP contribution >= 0.6 is 0 Å². The van der Waals surface area contributed by atoms with Gasteiger partial charge >= 0.3 is 0 Å². The van der Waals surface area contributed by atoms with Crippen molar-refractivity contribution in [3.8, 4) is 11.5 Å². The molecular formula is C14H20O3. The summed E-state index contributed by atoms with van der Waals surface area (Å²) in [5.41, 5.74) is 1.97. The van der Waals surface area contributed by atoms with Gasteiger partial charge in [-0.25, -0.2) is 5.11 Å². The van der Waals surface area contributed by atoms with E-state index in [0.717, 1.165) is 29.7 Å². The van der Waals surface area contributed by atoms with Gasteiger partial charge in [-0.05, 0) is 44.7 Å². The van der Waals surface area contributed by atoms with E-state index in [9.17, 15) is 5.11 Å². The molecule has 3 heteroatoms. The predicted molar refractivity (Wildman–Crippen MR) is 67.1 cm³/mol. The Hall–Kier alpha value is -1.22. The van der Waals surface area contributed by atoms with Crippen LogP contribution in [0, 0.1) is 6.92 Å². The fourth-order valence-corrected chi connectivity index (χ4v) is 1.87. The van der Waals surface area contributed by atoms with Crippen LogP contribution in [0.3, 0.4) is 0 Å². The summed E-state index contributed by atoms with van der Waals surface area (Å²) in [7, 11) is 3.24. The van der Waals surface area contributed by atoms with E-state index in [1.165, 1.54) is 0 Å². The summed E-state index contributed by atoms with van der Waals surface area (Å²) in [6.07, 6.45) is 1.79. The number of hydrogen-bond acceptors (Lipinski definition) is 2. The largest absolute Gasteiger partial charge is 0.493 e. The molecule has 0 N–H and O–H groups in total. The highest BCUT2D eigenvalue weighted by Gasteiger charge is 2.12. The van der Waals surface area contributed by atoms with E-state index in [-0.39, 0.29) is 0 Å². The minimum absolute atomic E-state index is 0.514. The lowest BCUT2D eigenvalue weighted by atomic mass is 10.00. The van der Waals surface area contributed by atoms with Gasteiger partial charge in [0.15, 0.2) is 11.5 Å². The number of ether oxygens (including phenoxy) is 2. The molecule has 1 aromatic carbocycles. The Labute approximate surface area is 103 Å². The lowest BCUT2D eigenvalue weighted by Gasteiger charge is -2.15. The Kier molecular flexibility index (Phi) is 5.29. The predicted octanol–water partition coefficient (Wildman–Crippen LogP) is 3.03. The number of hydrogen-bond donors (Lipinski definition) is 0. The van der Waals surface area contributed by atoms with Gasteiger partial charge in [0.2, 0.25) is 0 Å². The molecule has 2 radical (unpaired) electrons. The molecule has 3 nitrogen and oxygen atoms in total. The van der Waals surface area contributed by atoms with E-state index in [0.29, 0.717) is 12.2 Å². The van der Waals surface area contributed by atoms with Crippen LogP contribution in [-0.2, 0) is 11.5 Å². The van der Waals surface area contributed by atoms with Gasteiger partial charge in [-0.2, -0.15) is 0 Å². The summed E-state index contributed by atoms with van der Waals surface area (Å²) in [5.74, 6) is 1.45. The second-order valence-electron chi connectivity index (χ2n) is 4.14. The summed E-state index contributed by atoms with van der Waals surface area (Å²) in [6.45, 7) is 5.68. The Morgan fingerprint density at radius 1 is 1.29 bits per heavy atom. The first-order valence-electron chi connectivity index (χ1n) is 5.81. The second kappa shape index (κ2) is 6.50. The minimum Gasteiger partial charge on any atom is -0.493 e. The zero-order chi connectivity index (χ0) is 12.8. The Morgan fingerprint density at radius 3 is 2.53 bits per heavy atom. The van der Waals surface area contributed by atoms with Crippen molar-refractivity contribution in [2.45, 2.75) is 32.3 Å². The first-order chi connectivity index (χ1) is 8.10. The number of benzene rings is 1. The van der Waals surface area contributed by atoms with Crippen LogP contribution in [0.5, 0.6) is 11.5 Å². The normalized spacial score (nSPS) is 12.3. The van der Waals surface area contributed by atoms with Gasteiger partial charge in [0.05, 0.1) is 20.3 Å². The molecule has 0 aliphatic rings. The second-order valence-corrected chi connectivity index (χ2v) is 4.14. The maximum absolute atomic E-state index is 11.0. The third kappa shape index (κ3) is 3.63. The van der Waals surface area contributed by atoms with Crippen molar-refractivity contribution < 1.29 is 14.6 Å². The van der Waals surface area contributed by atoms with Crippen molar-refractivity contribution in [3.63, 3.8) is 0 Å². The molecule has 0 heterocycles. The maximum atomic E-state index is 11.0. The van der Waals surface area contributed by atoms with Crippen LogP contribution in [0.2, 0.25) is 0 Å². The summed E-state index contributed by atoms with van der Waals surface area (Å²) in [6, 6.07) is 3.76.